The van der Waals surface area contributed by atoms with Gasteiger partial charge in [-0.3, -0.25) is 4.79 Å². The molecule has 21 heavy (non-hydrogen) atoms. The van der Waals surface area contributed by atoms with Crippen molar-refractivity contribution in [3.8, 4) is 0 Å². The zero-order valence-corrected chi connectivity index (χ0v) is 12.5. The molecule has 0 aliphatic rings. The van der Waals surface area contributed by atoms with Crippen LogP contribution in [0.2, 0.25) is 0 Å². The number of ether oxygens (including phenoxy) is 1. The third-order valence-corrected chi connectivity index (χ3v) is 3.85. The van der Waals surface area contributed by atoms with Crippen molar-refractivity contribution in [2.24, 2.45) is 0 Å². The first kappa shape index (κ1) is 15.5. The number of nitrogens with two attached hydrogens (primary N) is 1. The molecule has 1 heterocycles. The molecule has 1 atom stereocenters. The van der Waals surface area contributed by atoms with Crippen molar-refractivity contribution in [1.82, 2.24) is 0 Å². The maximum absolute atomic E-state index is 13.5. The molecular formula is C15H17FN2O2S. The van der Waals surface area contributed by atoms with Crippen LogP contribution in [0.25, 0.3) is 0 Å². The van der Waals surface area contributed by atoms with Crippen LogP contribution in [0.5, 0.6) is 0 Å². The molecule has 0 radical (unpaired) electrons. The Labute approximate surface area is 126 Å². The molecule has 0 saturated heterocycles. The van der Waals surface area contributed by atoms with Crippen molar-refractivity contribution >= 4 is 28.6 Å². The molecule has 0 aliphatic heterocycles. The molecule has 0 bridgehead atoms. The van der Waals surface area contributed by atoms with Crippen molar-refractivity contribution in [3.05, 3.63) is 46.4 Å². The highest BCUT2D eigenvalue weighted by atomic mass is 32.1. The van der Waals surface area contributed by atoms with E-state index >= 15 is 0 Å². The Kier molecular flexibility index (Phi) is 5.30. The van der Waals surface area contributed by atoms with E-state index in [-0.39, 0.29) is 5.69 Å². The summed E-state index contributed by atoms with van der Waals surface area (Å²) < 4.78 is 19.0. The summed E-state index contributed by atoms with van der Waals surface area (Å²) in [6.45, 7) is 2.07. The third-order valence-electron chi connectivity index (χ3n) is 2.91. The van der Waals surface area contributed by atoms with E-state index in [1.54, 1.807) is 18.3 Å². The lowest BCUT2D eigenvalue weighted by atomic mass is 10.2. The molecule has 1 amide bonds. The second-order valence-corrected chi connectivity index (χ2v) is 5.60. The summed E-state index contributed by atoms with van der Waals surface area (Å²) in [5.74, 6) is -0.922. The SMILES string of the molecule is CC(OCCc1cccs1)C(=O)Nc1cc(N)ccc1F. The predicted octanol–water partition coefficient (Wildman–Crippen LogP) is 3.06. The summed E-state index contributed by atoms with van der Waals surface area (Å²) in [5, 5.41) is 4.47. The van der Waals surface area contributed by atoms with Gasteiger partial charge in [0, 0.05) is 17.0 Å². The van der Waals surface area contributed by atoms with Gasteiger partial charge in [-0.25, -0.2) is 4.39 Å². The number of halogens is 1. The zero-order valence-electron chi connectivity index (χ0n) is 11.6. The molecule has 2 rings (SSSR count). The fourth-order valence-electron chi connectivity index (χ4n) is 1.74. The maximum atomic E-state index is 13.5. The normalized spacial score (nSPS) is 12.1. The lowest BCUT2D eigenvalue weighted by Gasteiger charge is -2.14. The maximum Gasteiger partial charge on any atom is 0.253 e. The van der Waals surface area contributed by atoms with E-state index in [0.29, 0.717) is 12.3 Å². The minimum Gasteiger partial charge on any atom is -0.399 e. The van der Waals surface area contributed by atoms with Crippen molar-refractivity contribution in [3.63, 3.8) is 0 Å². The van der Waals surface area contributed by atoms with E-state index in [9.17, 15) is 9.18 Å². The number of nitrogens with one attached hydrogen (secondary N) is 1. The number of hydrogen-bond acceptors (Lipinski definition) is 4. The zero-order chi connectivity index (χ0) is 15.2. The van der Waals surface area contributed by atoms with E-state index in [4.69, 9.17) is 10.5 Å². The predicted molar refractivity (Wildman–Crippen MR) is 82.9 cm³/mol. The molecule has 1 aromatic carbocycles. The Bertz CT molecular complexity index is 602. The number of anilines is 2. The van der Waals surface area contributed by atoms with Gasteiger partial charge in [0.05, 0.1) is 12.3 Å². The van der Waals surface area contributed by atoms with Crippen LogP contribution < -0.4 is 11.1 Å². The molecule has 1 unspecified atom stereocenters. The van der Waals surface area contributed by atoms with Crippen LogP contribution in [-0.2, 0) is 16.0 Å². The van der Waals surface area contributed by atoms with Gasteiger partial charge in [-0.15, -0.1) is 11.3 Å². The van der Waals surface area contributed by atoms with Gasteiger partial charge in [0.25, 0.3) is 5.91 Å². The first-order valence-electron chi connectivity index (χ1n) is 6.56. The number of amides is 1. The lowest BCUT2D eigenvalue weighted by molar-refractivity contribution is -0.126. The average molecular weight is 308 g/mol. The summed E-state index contributed by atoms with van der Waals surface area (Å²) >= 11 is 1.65. The van der Waals surface area contributed by atoms with Crippen LogP contribution in [-0.4, -0.2) is 18.6 Å². The number of rotatable bonds is 6. The number of thiophene rings is 1. The van der Waals surface area contributed by atoms with Crippen molar-refractivity contribution in [2.75, 3.05) is 17.7 Å². The molecule has 0 fully saturated rings. The second-order valence-electron chi connectivity index (χ2n) is 4.57. The minimum atomic E-state index is -0.661. The van der Waals surface area contributed by atoms with E-state index in [1.165, 1.54) is 23.1 Å². The molecule has 2 aromatic rings. The van der Waals surface area contributed by atoms with Gasteiger partial charge < -0.3 is 15.8 Å². The highest BCUT2D eigenvalue weighted by Gasteiger charge is 2.15. The monoisotopic (exact) mass is 308 g/mol. The first-order chi connectivity index (χ1) is 10.1. The minimum absolute atomic E-state index is 0.0636. The van der Waals surface area contributed by atoms with E-state index in [1.807, 2.05) is 17.5 Å². The highest BCUT2D eigenvalue weighted by Crippen LogP contribution is 2.18. The molecular weight excluding hydrogens is 291 g/mol. The standard InChI is InChI=1S/C15H17FN2O2S/c1-10(20-7-6-12-3-2-8-21-12)15(19)18-14-9-11(17)4-5-13(14)16/h2-5,8-10H,6-7,17H2,1H3,(H,18,19). The molecule has 112 valence electrons. The first-order valence-corrected chi connectivity index (χ1v) is 7.44. The van der Waals surface area contributed by atoms with Crippen LogP contribution in [0.4, 0.5) is 15.8 Å². The fraction of sp³-hybridized carbons (Fsp3) is 0.267. The Balaban J connectivity index is 1.83. The van der Waals surface area contributed by atoms with E-state index < -0.39 is 17.8 Å². The van der Waals surface area contributed by atoms with Crippen molar-refractivity contribution in [1.29, 1.82) is 0 Å². The van der Waals surface area contributed by atoms with Crippen LogP contribution in [0.1, 0.15) is 11.8 Å². The van der Waals surface area contributed by atoms with Gasteiger partial charge in [-0.1, -0.05) is 6.07 Å². The molecule has 6 heteroatoms. The fourth-order valence-corrected chi connectivity index (χ4v) is 2.43. The van der Waals surface area contributed by atoms with E-state index in [0.717, 1.165) is 6.42 Å². The Morgan fingerprint density at radius 1 is 1.48 bits per heavy atom. The Morgan fingerprint density at radius 3 is 3.00 bits per heavy atom. The van der Waals surface area contributed by atoms with Crippen LogP contribution in [0, 0.1) is 5.82 Å². The summed E-state index contributed by atoms with van der Waals surface area (Å²) in [6, 6.07) is 8.02. The number of nitrogen functional groups attached to an aromatic ring is 1. The Morgan fingerprint density at radius 2 is 2.29 bits per heavy atom. The third kappa shape index (κ3) is 4.54. The molecule has 0 saturated carbocycles. The molecule has 3 N–H and O–H groups in total. The molecule has 4 nitrogen and oxygen atoms in total. The van der Waals surface area contributed by atoms with Gasteiger partial charge in [-0.2, -0.15) is 0 Å². The number of hydrogen-bond donors (Lipinski definition) is 2. The van der Waals surface area contributed by atoms with Crippen LogP contribution in [0.3, 0.4) is 0 Å². The van der Waals surface area contributed by atoms with Gasteiger partial charge in [0.2, 0.25) is 0 Å². The largest absolute Gasteiger partial charge is 0.399 e. The summed E-state index contributed by atoms with van der Waals surface area (Å²) in [4.78, 5) is 13.1. The van der Waals surface area contributed by atoms with Crippen molar-refractivity contribution < 1.29 is 13.9 Å². The second kappa shape index (κ2) is 7.19. The average Bonchev–Trinajstić information content (AvgIpc) is 2.96. The number of carbonyl (C=O) groups excluding carboxylic acids is 1. The summed E-state index contributed by atoms with van der Waals surface area (Å²) in [7, 11) is 0. The molecule has 0 spiro atoms. The summed E-state index contributed by atoms with van der Waals surface area (Å²) in [5.41, 5.74) is 6.02. The molecule has 1 aromatic heterocycles. The van der Waals surface area contributed by atoms with E-state index in [2.05, 4.69) is 5.32 Å². The van der Waals surface area contributed by atoms with Gasteiger partial charge >= 0.3 is 0 Å². The van der Waals surface area contributed by atoms with Gasteiger partial charge in [0.15, 0.2) is 0 Å². The lowest BCUT2D eigenvalue weighted by Crippen LogP contribution is -2.28. The molecule has 0 aliphatic carbocycles. The highest BCUT2D eigenvalue weighted by molar-refractivity contribution is 7.09. The topological polar surface area (TPSA) is 64.3 Å². The van der Waals surface area contributed by atoms with Gasteiger partial charge in [-0.05, 0) is 36.6 Å². The number of benzene rings is 1. The quantitative estimate of drug-likeness (QED) is 0.806. The van der Waals surface area contributed by atoms with Gasteiger partial charge in [0.1, 0.15) is 11.9 Å². The van der Waals surface area contributed by atoms with Crippen molar-refractivity contribution in [2.45, 2.75) is 19.4 Å². The van der Waals surface area contributed by atoms with Crippen LogP contribution >= 0.6 is 11.3 Å². The summed E-state index contributed by atoms with van der Waals surface area (Å²) in [6.07, 6.45) is 0.0906. The Hall–Kier alpha value is -1.92. The van der Waals surface area contributed by atoms with Crippen LogP contribution in [0.15, 0.2) is 35.7 Å². The number of carbonyl (C=O) groups is 1. The smallest absolute Gasteiger partial charge is 0.253 e.